The van der Waals surface area contributed by atoms with Gasteiger partial charge in [0.05, 0.1) is 6.04 Å². The van der Waals surface area contributed by atoms with Crippen LogP contribution in [0.25, 0.3) is 0 Å². The molecule has 0 heterocycles. The number of carbonyl (C=O) groups excluding carboxylic acids is 1. The van der Waals surface area contributed by atoms with Crippen LogP contribution in [-0.4, -0.2) is 23.9 Å². The second-order valence-electron chi connectivity index (χ2n) is 23.8. The molecule has 452 valence electrons. The normalized spacial score (nSPS) is 12.8. The van der Waals surface area contributed by atoms with E-state index >= 15 is 0 Å². The maximum Gasteiger partial charge on any atom is 0.146 e. The van der Waals surface area contributed by atoms with E-state index in [1.807, 2.05) is 41.5 Å². The molecule has 0 aliphatic carbocycles. The number of likely N-dealkylation sites (N-methyl/N-ethyl adjacent to an activating group) is 1. The summed E-state index contributed by atoms with van der Waals surface area (Å²) in [6.45, 7) is 83.1. The topological polar surface area (TPSA) is 20.3 Å². The lowest BCUT2D eigenvalue weighted by Gasteiger charge is -2.37. The molecule has 0 aliphatic heterocycles. The fourth-order valence-corrected chi connectivity index (χ4v) is 8.98. The van der Waals surface area contributed by atoms with Crippen molar-refractivity contribution in [1.82, 2.24) is 4.90 Å². The van der Waals surface area contributed by atoms with E-state index in [1.54, 1.807) is 0 Å². The van der Waals surface area contributed by atoms with E-state index in [2.05, 4.69) is 250 Å². The van der Waals surface area contributed by atoms with Crippen molar-refractivity contribution in [3.8, 4) is 0 Å². The first-order valence-electron chi connectivity index (χ1n) is 31.4. The summed E-state index contributed by atoms with van der Waals surface area (Å²) in [5, 5.41) is 0. The lowest BCUT2D eigenvalue weighted by Crippen LogP contribution is -2.37. The number of aryl methyl sites for hydroxylation is 3. The van der Waals surface area contributed by atoms with Crippen LogP contribution < -0.4 is 0 Å². The van der Waals surface area contributed by atoms with Crippen LogP contribution in [0.4, 0.5) is 0 Å². The highest BCUT2D eigenvalue weighted by Gasteiger charge is 2.29. The van der Waals surface area contributed by atoms with Crippen molar-refractivity contribution < 1.29 is 4.79 Å². The zero-order chi connectivity index (χ0) is 62.7. The Morgan fingerprint density at radius 1 is 0.608 bits per heavy atom. The van der Waals surface area contributed by atoms with Gasteiger partial charge in [0.2, 0.25) is 0 Å². The van der Waals surface area contributed by atoms with Crippen molar-refractivity contribution in [3.05, 3.63) is 173 Å². The second kappa shape index (κ2) is 49.4. The smallest absolute Gasteiger partial charge is 0.146 e. The second-order valence-corrected chi connectivity index (χ2v) is 23.8. The van der Waals surface area contributed by atoms with Crippen molar-refractivity contribution in [3.63, 3.8) is 0 Å². The van der Waals surface area contributed by atoms with Gasteiger partial charge in [0.1, 0.15) is 11.6 Å². The molecule has 0 spiro atoms. The molecule has 2 heteroatoms. The van der Waals surface area contributed by atoms with Crippen molar-refractivity contribution in [2.75, 3.05) is 7.05 Å². The average molecular weight is 1090 g/mol. The van der Waals surface area contributed by atoms with Crippen molar-refractivity contribution in [2.24, 2.45) is 53.3 Å². The molecule has 0 saturated heterocycles. The Hall–Kier alpha value is -4.39. The standard InChI is InChI=1S/C34H53NO.C21H30.C9H18.C7H14.3C2H6/c1-23(2)17-28(9)29(10)20-32(21-31-16-14-13-15-26(31)7)34(22-36)35(12)33(18-24(3)4)30(11)19-27(8)25(5)6;1-7-9-18(5)19(6)15-21(16(2)3)13-12-20-11-8-10-17(4)14-20;1-7(2)6-9(5)8(3)4;1-5-7(4)6(2)3;3*1-2/h13-16,23-24,27-28,32-33H,5,10-11,17-21H2,1-4,6-9,12H3;8,10-11,14-15,18H,2,6-7,9,12-13H2,1,3-5H3;7,9H,3,6H2,1-2,4-5H3;6H,4-5H2,1-3H3;3*1-2H3/b;21-15+;;;;;/t27?,28?,32-,33?;;;;;;/m1....../s1. The molecule has 0 fully saturated rings. The third-order valence-corrected chi connectivity index (χ3v) is 14.6. The Bertz CT molecular complexity index is 2070. The Morgan fingerprint density at radius 3 is 1.51 bits per heavy atom. The summed E-state index contributed by atoms with van der Waals surface area (Å²) in [7, 11) is 2.06. The van der Waals surface area contributed by atoms with Crippen LogP contribution in [0.3, 0.4) is 0 Å². The Balaban J connectivity index is -0.000000354. The summed E-state index contributed by atoms with van der Waals surface area (Å²) in [6, 6.07) is 17.3. The fourth-order valence-electron chi connectivity index (χ4n) is 8.98. The van der Waals surface area contributed by atoms with Gasteiger partial charge in [0, 0.05) is 13.0 Å². The predicted octanol–water partition coefficient (Wildman–Crippen LogP) is 24.4. The first-order valence-corrected chi connectivity index (χ1v) is 31.4. The van der Waals surface area contributed by atoms with Gasteiger partial charge < -0.3 is 4.90 Å². The third-order valence-electron chi connectivity index (χ3n) is 14.6. The van der Waals surface area contributed by atoms with Gasteiger partial charge >= 0.3 is 0 Å². The fraction of sp³-hybridized carbons (Fsp3) is 0.610. The SMILES string of the molecule is C=C(C)/C(=C/C(=C)C(C)CCC)CCc1cccc(C)c1.C=C(C)C(C)CC(=C)C(CC(C)C)N(C)C(=C=O)[C@H](CC(=C)C(C)CC(C)C)Cc1ccccc1C.C=C(C)C(C)CC(C)C.C=C(CC)C(C)C.CC.CC.CC. The third kappa shape index (κ3) is 40.4. The average Bonchev–Trinajstić information content (AvgIpc) is 3.38. The first-order chi connectivity index (χ1) is 36.9. The van der Waals surface area contributed by atoms with Gasteiger partial charge in [-0.1, -0.05) is 290 Å². The minimum Gasteiger partial charge on any atom is -0.362 e. The summed E-state index contributed by atoms with van der Waals surface area (Å²) in [5.74, 6) is 7.04. The number of allylic oxidation sites excluding steroid dienone is 9. The summed E-state index contributed by atoms with van der Waals surface area (Å²) < 4.78 is 0. The molecule has 0 amide bonds. The molecule has 0 aliphatic rings. The molecule has 6 atom stereocenters. The number of rotatable bonds is 29. The van der Waals surface area contributed by atoms with Crippen LogP contribution in [0.5, 0.6) is 0 Å². The molecule has 0 aromatic heterocycles. The first kappa shape index (κ1) is 83.4. The maximum atomic E-state index is 12.7. The van der Waals surface area contributed by atoms with Crippen LogP contribution >= 0.6 is 0 Å². The lowest BCUT2D eigenvalue weighted by atomic mass is 9.82. The van der Waals surface area contributed by atoms with Crippen molar-refractivity contribution >= 4 is 5.94 Å². The van der Waals surface area contributed by atoms with Gasteiger partial charge in [-0.25, -0.2) is 4.79 Å². The van der Waals surface area contributed by atoms with Crippen molar-refractivity contribution in [1.29, 1.82) is 0 Å². The molecule has 2 aromatic rings. The van der Waals surface area contributed by atoms with Gasteiger partial charge in [-0.15, -0.1) is 0 Å². The maximum absolute atomic E-state index is 12.7. The van der Waals surface area contributed by atoms with Gasteiger partial charge in [-0.05, 0) is 168 Å². The molecule has 0 radical (unpaired) electrons. The van der Waals surface area contributed by atoms with E-state index in [9.17, 15) is 4.79 Å². The highest BCUT2D eigenvalue weighted by Crippen LogP contribution is 2.34. The molecule has 0 N–H and O–H groups in total. The van der Waals surface area contributed by atoms with Crippen LogP contribution in [0.2, 0.25) is 0 Å². The van der Waals surface area contributed by atoms with Gasteiger partial charge in [-0.3, -0.25) is 0 Å². The van der Waals surface area contributed by atoms with E-state index in [-0.39, 0.29) is 12.0 Å². The monoisotopic (exact) mass is 1090 g/mol. The molecule has 79 heavy (non-hydrogen) atoms. The number of hydrogen-bond acceptors (Lipinski definition) is 2. The van der Waals surface area contributed by atoms with Crippen molar-refractivity contribution in [2.45, 2.75) is 250 Å². The minimum atomic E-state index is 0.0248. The zero-order valence-corrected chi connectivity index (χ0v) is 57.6. The van der Waals surface area contributed by atoms with Crippen LogP contribution in [0, 0.1) is 67.1 Å². The van der Waals surface area contributed by atoms with E-state index in [4.69, 9.17) is 0 Å². The molecular formula is C77H133NO. The van der Waals surface area contributed by atoms with E-state index < -0.39 is 0 Å². The molecule has 2 rings (SSSR count). The lowest BCUT2D eigenvalue weighted by molar-refractivity contribution is 0.259. The molecule has 2 nitrogen and oxygen atoms in total. The van der Waals surface area contributed by atoms with E-state index in [1.165, 1.54) is 75.0 Å². The van der Waals surface area contributed by atoms with Crippen LogP contribution in [-0.2, 0) is 17.6 Å². The van der Waals surface area contributed by atoms with Gasteiger partial charge in [0.25, 0.3) is 0 Å². The zero-order valence-electron chi connectivity index (χ0n) is 57.6. The van der Waals surface area contributed by atoms with E-state index in [0.717, 1.165) is 74.1 Å². The van der Waals surface area contributed by atoms with E-state index in [0.29, 0.717) is 41.4 Å². The summed E-state index contributed by atoms with van der Waals surface area (Å²) >= 11 is 0. The summed E-state index contributed by atoms with van der Waals surface area (Å²) in [6.07, 6.45) is 13.7. The van der Waals surface area contributed by atoms with Gasteiger partial charge in [0.15, 0.2) is 0 Å². The molecule has 0 saturated carbocycles. The Morgan fingerprint density at radius 2 is 1.11 bits per heavy atom. The Labute approximate surface area is 496 Å². The predicted molar refractivity (Wildman–Crippen MR) is 366 cm³/mol. The summed E-state index contributed by atoms with van der Waals surface area (Å²) in [4.78, 5) is 14.8. The molecule has 2 aromatic carbocycles. The molecule has 0 bridgehead atoms. The number of hydrogen-bond donors (Lipinski definition) is 0. The molecule has 5 unspecified atom stereocenters. The largest absolute Gasteiger partial charge is 0.362 e. The highest BCUT2D eigenvalue weighted by atomic mass is 16.1. The number of benzene rings is 2. The van der Waals surface area contributed by atoms with Gasteiger partial charge in [-0.2, -0.15) is 0 Å². The Kier molecular flexibility index (Phi) is 52.2. The van der Waals surface area contributed by atoms with Crippen LogP contribution in [0.15, 0.2) is 151 Å². The molecular weight excluding hydrogens is 955 g/mol. The van der Waals surface area contributed by atoms with Crippen LogP contribution in [0.1, 0.15) is 239 Å². The number of nitrogens with zero attached hydrogens (tertiary/aromatic N) is 1. The summed E-state index contributed by atoms with van der Waals surface area (Å²) in [5.41, 5.74) is 15.9. The quantitative estimate of drug-likeness (QED) is 0.0460. The highest BCUT2D eigenvalue weighted by molar-refractivity contribution is 5.54. The minimum absolute atomic E-state index is 0.0248.